The van der Waals surface area contributed by atoms with E-state index in [1.54, 1.807) is 0 Å². The van der Waals surface area contributed by atoms with E-state index in [1.165, 1.54) is 10.0 Å². The Kier molecular flexibility index (Phi) is 6.69. The van der Waals surface area contributed by atoms with Gasteiger partial charge in [-0.3, -0.25) is 4.90 Å². The van der Waals surface area contributed by atoms with E-state index in [1.807, 2.05) is 0 Å². The summed E-state index contributed by atoms with van der Waals surface area (Å²) in [5.74, 6) is 0. The van der Waals surface area contributed by atoms with Crippen LogP contribution in [-0.4, -0.2) is 31.1 Å². The quantitative estimate of drug-likeness (QED) is 0.775. The minimum Gasteiger partial charge on any atom is -0.316 e. The van der Waals surface area contributed by atoms with E-state index in [9.17, 15) is 0 Å². The average Bonchev–Trinajstić information content (AvgIpc) is 2.30. The Morgan fingerprint density at radius 1 is 1.25 bits per heavy atom. The Morgan fingerprint density at radius 2 is 2.00 bits per heavy atom. The van der Waals surface area contributed by atoms with Gasteiger partial charge in [0.15, 0.2) is 0 Å². The minimum absolute atomic E-state index is 1.02. The first-order valence-corrected chi connectivity index (χ1v) is 6.73. The average molecular weight is 285 g/mol. The van der Waals surface area contributed by atoms with Crippen LogP contribution in [0.15, 0.2) is 28.7 Å². The van der Waals surface area contributed by atoms with E-state index >= 15 is 0 Å². The minimum atomic E-state index is 1.02. The van der Waals surface area contributed by atoms with Crippen LogP contribution in [0.1, 0.15) is 19.4 Å². The van der Waals surface area contributed by atoms with Crippen molar-refractivity contribution in [1.82, 2.24) is 10.2 Å². The lowest BCUT2D eigenvalue weighted by molar-refractivity contribution is 0.279. The van der Waals surface area contributed by atoms with Crippen LogP contribution < -0.4 is 5.32 Å². The fourth-order valence-corrected chi connectivity index (χ4v) is 2.04. The van der Waals surface area contributed by atoms with Gasteiger partial charge in [-0.1, -0.05) is 48.0 Å². The molecule has 0 unspecified atom stereocenters. The standard InChI is InChI=1S/C13H21BrN2/c1-3-15-9-10-16(4-2)11-12-7-5-6-8-13(12)14/h5-8,15H,3-4,9-11H2,1-2H3. The Balaban J connectivity index is 2.46. The van der Waals surface area contributed by atoms with Crippen LogP contribution in [0.4, 0.5) is 0 Å². The summed E-state index contributed by atoms with van der Waals surface area (Å²) in [4.78, 5) is 2.45. The molecule has 3 heteroatoms. The number of likely N-dealkylation sites (N-methyl/N-ethyl adjacent to an activating group) is 2. The van der Waals surface area contributed by atoms with Crippen molar-refractivity contribution in [3.63, 3.8) is 0 Å². The fourth-order valence-electron chi connectivity index (χ4n) is 1.63. The first-order chi connectivity index (χ1) is 7.77. The first-order valence-electron chi connectivity index (χ1n) is 5.94. The van der Waals surface area contributed by atoms with Gasteiger partial charge in [0, 0.05) is 24.1 Å². The molecule has 1 rings (SSSR count). The highest BCUT2D eigenvalue weighted by Crippen LogP contribution is 2.17. The van der Waals surface area contributed by atoms with Crippen LogP contribution in [-0.2, 0) is 6.54 Å². The van der Waals surface area contributed by atoms with E-state index in [0.717, 1.165) is 32.7 Å². The highest BCUT2D eigenvalue weighted by atomic mass is 79.9. The third-order valence-electron chi connectivity index (χ3n) is 2.65. The predicted molar refractivity (Wildman–Crippen MR) is 73.6 cm³/mol. The van der Waals surface area contributed by atoms with Gasteiger partial charge in [0.05, 0.1) is 0 Å². The Morgan fingerprint density at radius 3 is 2.62 bits per heavy atom. The van der Waals surface area contributed by atoms with Crippen LogP contribution in [0.3, 0.4) is 0 Å². The molecule has 90 valence electrons. The van der Waals surface area contributed by atoms with Crippen LogP contribution in [0.25, 0.3) is 0 Å². The molecule has 0 aliphatic rings. The molecule has 0 spiro atoms. The van der Waals surface area contributed by atoms with Gasteiger partial charge in [0.2, 0.25) is 0 Å². The van der Waals surface area contributed by atoms with Crippen molar-refractivity contribution in [3.8, 4) is 0 Å². The number of benzene rings is 1. The lowest BCUT2D eigenvalue weighted by atomic mass is 10.2. The third-order valence-corrected chi connectivity index (χ3v) is 3.43. The number of rotatable bonds is 7. The smallest absolute Gasteiger partial charge is 0.0245 e. The maximum absolute atomic E-state index is 3.59. The van der Waals surface area contributed by atoms with Crippen molar-refractivity contribution < 1.29 is 0 Å². The molecule has 0 aliphatic heterocycles. The first kappa shape index (κ1) is 13.7. The highest BCUT2D eigenvalue weighted by molar-refractivity contribution is 9.10. The normalized spacial score (nSPS) is 11.0. The number of nitrogens with one attached hydrogen (secondary N) is 1. The van der Waals surface area contributed by atoms with Gasteiger partial charge in [0.25, 0.3) is 0 Å². The summed E-state index contributed by atoms with van der Waals surface area (Å²) >= 11 is 3.59. The van der Waals surface area contributed by atoms with Gasteiger partial charge in [-0.15, -0.1) is 0 Å². The number of halogens is 1. The van der Waals surface area contributed by atoms with Gasteiger partial charge in [0.1, 0.15) is 0 Å². The molecule has 0 aromatic heterocycles. The van der Waals surface area contributed by atoms with Crippen molar-refractivity contribution in [2.45, 2.75) is 20.4 Å². The lowest BCUT2D eigenvalue weighted by Gasteiger charge is -2.21. The molecule has 0 aliphatic carbocycles. The van der Waals surface area contributed by atoms with Gasteiger partial charge in [-0.2, -0.15) is 0 Å². The largest absolute Gasteiger partial charge is 0.316 e. The van der Waals surface area contributed by atoms with Crippen LogP contribution >= 0.6 is 15.9 Å². The van der Waals surface area contributed by atoms with Crippen LogP contribution in [0, 0.1) is 0 Å². The zero-order valence-corrected chi connectivity index (χ0v) is 11.8. The molecule has 0 bridgehead atoms. The second-order valence-electron chi connectivity index (χ2n) is 3.81. The van der Waals surface area contributed by atoms with Crippen molar-refractivity contribution in [1.29, 1.82) is 0 Å². The van der Waals surface area contributed by atoms with Gasteiger partial charge < -0.3 is 5.32 Å². The number of nitrogens with zero attached hydrogens (tertiary/aromatic N) is 1. The molecule has 1 N–H and O–H groups in total. The summed E-state index contributed by atoms with van der Waals surface area (Å²) in [6, 6.07) is 8.44. The Bertz CT molecular complexity index is 302. The fraction of sp³-hybridized carbons (Fsp3) is 0.538. The molecule has 0 saturated carbocycles. The van der Waals surface area contributed by atoms with Crippen molar-refractivity contribution in [2.24, 2.45) is 0 Å². The molecule has 1 aromatic rings. The predicted octanol–water partition coefficient (Wildman–Crippen LogP) is 2.88. The second kappa shape index (κ2) is 7.82. The molecule has 2 nitrogen and oxygen atoms in total. The maximum Gasteiger partial charge on any atom is 0.0245 e. The summed E-state index contributed by atoms with van der Waals surface area (Å²) in [6.07, 6.45) is 0. The topological polar surface area (TPSA) is 15.3 Å². The van der Waals surface area contributed by atoms with E-state index in [-0.39, 0.29) is 0 Å². The second-order valence-corrected chi connectivity index (χ2v) is 4.67. The zero-order chi connectivity index (χ0) is 11.8. The van der Waals surface area contributed by atoms with Crippen LogP contribution in [0.2, 0.25) is 0 Å². The zero-order valence-electron chi connectivity index (χ0n) is 10.2. The maximum atomic E-state index is 3.59. The molecule has 0 fully saturated rings. The molecule has 0 heterocycles. The molecule has 0 atom stereocenters. The molecule has 16 heavy (non-hydrogen) atoms. The lowest BCUT2D eigenvalue weighted by Crippen LogP contribution is -2.31. The van der Waals surface area contributed by atoms with E-state index < -0.39 is 0 Å². The Hall–Kier alpha value is -0.380. The summed E-state index contributed by atoms with van der Waals surface area (Å²) in [5, 5.41) is 3.36. The summed E-state index contributed by atoms with van der Waals surface area (Å²) in [7, 11) is 0. The van der Waals surface area contributed by atoms with Gasteiger partial charge in [-0.05, 0) is 24.7 Å². The molecular weight excluding hydrogens is 264 g/mol. The molecule has 0 radical (unpaired) electrons. The summed E-state index contributed by atoms with van der Waals surface area (Å²) < 4.78 is 1.21. The molecule has 1 aromatic carbocycles. The monoisotopic (exact) mass is 284 g/mol. The third kappa shape index (κ3) is 4.64. The van der Waals surface area contributed by atoms with Gasteiger partial charge in [-0.25, -0.2) is 0 Å². The molecular formula is C13H21BrN2. The summed E-state index contributed by atoms with van der Waals surface area (Å²) in [6.45, 7) is 9.68. The van der Waals surface area contributed by atoms with Crippen molar-refractivity contribution in [2.75, 3.05) is 26.2 Å². The summed E-state index contributed by atoms with van der Waals surface area (Å²) in [5.41, 5.74) is 1.36. The number of hydrogen-bond donors (Lipinski definition) is 1. The Labute approximate surface area is 107 Å². The molecule has 0 amide bonds. The number of hydrogen-bond acceptors (Lipinski definition) is 2. The highest BCUT2D eigenvalue weighted by Gasteiger charge is 2.05. The molecule has 0 saturated heterocycles. The van der Waals surface area contributed by atoms with Crippen molar-refractivity contribution >= 4 is 15.9 Å². The van der Waals surface area contributed by atoms with E-state index in [2.05, 4.69) is 64.3 Å². The van der Waals surface area contributed by atoms with E-state index in [0.29, 0.717) is 0 Å². The van der Waals surface area contributed by atoms with E-state index in [4.69, 9.17) is 0 Å². The SMILES string of the molecule is CCNCCN(CC)Cc1ccccc1Br. The van der Waals surface area contributed by atoms with Gasteiger partial charge >= 0.3 is 0 Å². The van der Waals surface area contributed by atoms with Crippen LogP contribution in [0.5, 0.6) is 0 Å². The van der Waals surface area contributed by atoms with Crippen molar-refractivity contribution in [3.05, 3.63) is 34.3 Å².